The predicted molar refractivity (Wildman–Crippen MR) is 73.7 cm³/mol. The molecule has 2 rings (SSSR count). The van der Waals surface area contributed by atoms with Crippen LogP contribution in [0.25, 0.3) is 0 Å². The second kappa shape index (κ2) is 6.53. The lowest BCUT2D eigenvalue weighted by molar-refractivity contribution is 0.569. The van der Waals surface area contributed by atoms with Crippen LogP contribution >= 0.6 is 0 Å². The molecule has 0 aromatic carbocycles. The van der Waals surface area contributed by atoms with Gasteiger partial charge in [0, 0.05) is 31.9 Å². The number of nitrogens with two attached hydrogens (primary N) is 1. The third-order valence-electron chi connectivity index (χ3n) is 2.44. The molecule has 0 spiro atoms. The summed E-state index contributed by atoms with van der Waals surface area (Å²) in [5, 5.41) is 14.0. The minimum absolute atomic E-state index is 0.261. The number of hydrogen-bond acceptors (Lipinski definition) is 7. The molecular formula is C11H18N8. The summed E-state index contributed by atoms with van der Waals surface area (Å²) in [7, 11) is 0. The molecule has 102 valence electrons. The Kier molecular flexibility index (Phi) is 4.49. The summed E-state index contributed by atoms with van der Waals surface area (Å²) in [6, 6.07) is 1.84. The maximum absolute atomic E-state index is 5.65. The van der Waals surface area contributed by atoms with Crippen LogP contribution in [0.15, 0.2) is 18.5 Å². The van der Waals surface area contributed by atoms with Gasteiger partial charge in [0.25, 0.3) is 0 Å². The number of hydrogen-bond donors (Lipinski definition) is 3. The number of rotatable bonds is 7. The highest BCUT2D eigenvalue weighted by molar-refractivity contribution is 5.50. The van der Waals surface area contributed by atoms with Crippen LogP contribution in [-0.4, -0.2) is 38.1 Å². The van der Waals surface area contributed by atoms with Crippen molar-refractivity contribution in [2.45, 2.75) is 19.9 Å². The van der Waals surface area contributed by atoms with Crippen LogP contribution < -0.4 is 16.4 Å². The first-order valence-electron chi connectivity index (χ1n) is 6.24. The fraction of sp³-hybridized carbons (Fsp3) is 0.455. The average molecular weight is 262 g/mol. The highest BCUT2D eigenvalue weighted by Gasteiger charge is 2.01. The molecule has 0 bridgehead atoms. The third-order valence-corrected chi connectivity index (χ3v) is 2.44. The molecule has 2 aromatic rings. The highest BCUT2D eigenvalue weighted by atomic mass is 15.4. The van der Waals surface area contributed by atoms with Crippen LogP contribution in [0, 0.1) is 0 Å². The molecule has 19 heavy (non-hydrogen) atoms. The number of aryl methyl sites for hydroxylation is 1. The van der Waals surface area contributed by atoms with E-state index >= 15 is 0 Å². The first-order valence-corrected chi connectivity index (χ1v) is 6.24. The number of nitrogens with zero attached hydrogens (tertiary/aromatic N) is 5. The van der Waals surface area contributed by atoms with Gasteiger partial charge in [-0.15, -0.1) is 5.10 Å². The maximum Gasteiger partial charge on any atom is 0.223 e. The Bertz CT molecular complexity index is 495. The fourth-order valence-electron chi connectivity index (χ4n) is 1.64. The third kappa shape index (κ3) is 4.09. The van der Waals surface area contributed by atoms with Gasteiger partial charge in [-0.1, -0.05) is 5.21 Å². The molecule has 0 atom stereocenters. The molecule has 0 amide bonds. The van der Waals surface area contributed by atoms with Crippen LogP contribution in [0.5, 0.6) is 0 Å². The molecular weight excluding hydrogens is 244 g/mol. The predicted octanol–water partition coefficient (Wildman–Crippen LogP) is 0.584. The molecule has 2 aromatic heterocycles. The van der Waals surface area contributed by atoms with E-state index in [0.29, 0.717) is 0 Å². The molecule has 0 aliphatic rings. The Morgan fingerprint density at radius 2 is 2.05 bits per heavy atom. The van der Waals surface area contributed by atoms with Gasteiger partial charge in [0.05, 0.1) is 6.20 Å². The van der Waals surface area contributed by atoms with Crippen LogP contribution in [0.3, 0.4) is 0 Å². The van der Waals surface area contributed by atoms with Gasteiger partial charge in [-0.2, -0.15) is 9.97 Å². The van der Waals surface area contributed by atoms with E-state index < -0.39 is 0 Å². The van der Waals surface area contributed by atoms with Crippen molar-refractivity contribution in [3.05, 3.63) is 18.5 Å². The zero-order chi connectivity index (χ0) is 13.5. The van der Waals surface area contributed by atoms with Gasteiger partial charge in [-0.05, 0) is 13.3 Å². The molecule has 8 heteroatoms. The Balaban J connectivity index is 1.81. The van der Waals surface area contributed by atoms with E-state index in [9.17, 15) is 0 Å². The average Bonchev–Trinajstić information content (AvgIpc) is 2.87. The molecule has 4 N–H and O–H groups in total. The van der Waals surface area contributed by atoms with E-state index in [1.165, 1.54) is 0 Å². The van der Waals surface area contributed by atoms with Crippen molar-refractivity contribution in [2.75, 3.05) is 29.5 Å². The lowest BCUT2D eigenvalue weighted by Gasteiger charge is -2.08. The summed E-state index contributed by atoms with van der Waals surface area (Å²) < 4.78 is 1.79. The van der Waals surface area contributed by atoms with Gasteiger partial charge in [0.15, 0.2) is 0 Å². The first-order chi connectivity index (χ1) is 9.28. The topological polar surface area (TPSA) is 107 Å². The van der Waals surface area contributed by atoms with E-state index in [4.69, 9.17) is 5.73 Å². The Hall–Kier alpha value is -2.38. The van der Waals surface area contributed by atoms with Crippen LogP contribution in [0.2, 0.25) is 0 Å². The summed E-state index contributed by atoms with van der Waals surface area (Å²) in [6.07, 6.45) is 4.43. The fourth-order valence-corrected chi connectivity index (χ4v) is 1.64. The van der Waals surface area contributed by atoms with Crippen molar-refractivity contribution >= 4 is 17.6 Å². The standard InChI is InChI=1S/C11H18N8/c1-2-13-9-8-10(17-11(12)16-9)14-4-3-6-19-7-5-15-18-19/h5,7-8H,2-4,6H2,1H3,(H4,12,13,14,16,17). The van der Waals surface area contributed by atoms with Gasteiger partial charge in [0.1, 0.15) is 11.6 Å². The van der Waals surface area contributed by atoms with Crippen molar-refractivity contribution in [1.29, 1.82) is 0 Å². The first kappa shape index (κ1) is 13.1. The molecule has 0 unspecified atom stereocenters. The lowest BCUT2D eigenvalue weighted by Crippen LogP contribution is -2.10. The molecule has 8 nitrogen and oxygen atoms in total. The SMILES string of the molecule is CCNc1cc(NCCCn2ccnn2)nc(N)n1. The number of aromatic nitrogens is 5. The number of anilines is 3. The van der Waals surface area contributed by atoms with E-state index in [1.807, 2.05) is 19.2 Å². The molecule has 0 radical (unpaired) electrons. The maximum atomic E-state index is 5.65. The van der Waals surface area contributed by atoms with E-state index in [1.54, 1.807) is 10.9 Å². The molecule has 0 fully saturated rings. The summed E-state index contributed by atoms with van der Waals surface area (Å²) >= 11 is 0. The Morgan fingerprint density at radius 1 is 1.26 bits per heavy atom. The van der Waals surface area contributed by atoms with Gasteiger partial charge < -0.3 is 16.4 Å². The highest BCUT2D eigenvalue weighted by Crippen LogP contribution is 2.12. The van der Waals surface area contributed by atoms with Gasteiger partial charge in [0.2, 0.25) is 5.95 Å². The summed E-state index contributed by atoms with van der Waals surface area (Å²) in [4.78, 5) is 8.22. The molecule has 0 saturated heterocycles. The van der Waals surface area contributed by atoms with Crippen LogP contribution in [0.1, 0.15) is 13.3 Å². The van der Waals surface area contributed by atoms with Gasteiger partial charge in [-0.25, -0.2) is 0 Å². The van der Waals surface area contributed by atoms with E-state index in [0.717, 1.165) is 37.7 Å². The van der Waals surface area contributed by atoms with Crippen LogP contribution in [-0.2, 0) is 6.54 Å². The Labute approximate surface area is 111 Å². The van der Waals surface area contributed by atoms with Gasteiger partial charge in [-0.3, -0.25) is 4.68 Å². The minimum Gasteiger partial charge on any atom is -0.370 e. The monoisotopic (exact) mass is 262 g/mol. The van der Waals surface area contributed by atoms with Crippen molar-refractivity contribution in [2.24, 2.45) is 0 Å². The Morgan fingerprint density at radius 3 is 2.74 bits per heavy atom. The molecule has 0 aliphatic carbocycles. The van der Waals surface area contributed by atoms with Gasteiger partial charge >= 0.3 is 0 Å². The normalized spacial score (nSPS) is 10.4. The second-order valence-electron chi connectivity index (χ2n) is 3.97. The smallest absolute Gasteiger partial charge is 0.223 e. The van der Waals surface area contributed by atoms with Crippen LogP contribution in [0.4, 0.5) is 17.6 Å². The number of nitrogen functional groups attached to an aromatic ring is 1. The zero-order valence-corrected chi connectivity index (χ0v) is 10.9. The zero-order valence-electron chi connectivity index (χ0n) is 10.9. The molecule has 0 saturated carbocycles. The van der Waals surface area contributed by atoms with Crippen molar-refractivity contribution in [3.63, 3.8) is 0 Å². The van der Waals surface area contributed by atoms with E-state index in [2.05, 4.69) is 30.9 Å². The summed E-state index contributed by atoms with van der Waals surface area (Å²) in [5.74, 6) is 1.72. The lowest BCUT2D eigenvalue weighted by atomic mass is 10.4. The van der Waals surface area contributed by atoms with E-state index in [-0.39, 0.29) is 5.95 Å². The summed E-state index contributed by atoms with van der Waals surface area (Å²) in [5.41, 5.74) is 5.65. The minimum atomic E-state index is 0.261. The van der Waals surface area contributed by atoms with Crippen molar-refractivity contribution in [3.8, 4) is 0 Å². The number of nitrogens with one attached hydrogen (secondary N) is 2. The molecule has 2 heterocycles. The largest absolute Gasteiger partial charge is 0.370 e. The molecule has 0 aliphatic heterocycles. The quantitative estimate of drug-likeness (QED) is 0.627. The van der Waals surface area contributed by atoms with Crippen molar-refractivity contribution < 1.29 is 0 Å². The second-order valence-corrected chi connectivity index (χ2v) is 3.97. The van der Waals surface area contributed by atoms with Crippen molar-refractivity contribution in [1.82, 2.24) is 25.0 Å². The summed E-state index contributed by atoms with van der Waals surface area (Å²) in [6.45, 7) is 4.39.